The second-order valence-corrected chi connectivity index (χ2v) is 6.01. The van der Waals surface area contributed by atoms with Crippen molar-refractivity contribution in [2.24, 2.45) is 5.73 Å². The van der Waals surface area contributed by atoms with E-state index >= 15 is 0 Å². The summed E-state index contributed by atoms with van der Waals surface area (Å²) in [5.41, 5.74) is 7.27. The Hall–Kier alpha value is -0.770. The molecule has 96 valence electrons. The minimum atomic E-state index is -0.200. The van der Waals surface area contributed by atoms with Gasteiger partial charge < -0.3 is 10.2 Å². The number of fused-ring (bicyclic) bond motifs is 1. The highest BCUT2D eigenvalue weighted by molar-refractivity contribution is 6.37. The molecule has 2 unspecified atom stereocenters. The minimum Gasteiger partial charge on any atom is -0.438 e. The van der Waals surface area contributed by atoms with Crippen LogP contribution in [0, 0.1) is 0 Å². The van der Waals surface area contributed by atoms with Crippen LogP contribution in [0.25, 0.3) is 11.1 Å². The van der Waals surface area contributed by atoms with Crippen molar-refractivity contribution < 1.29 is 4.42 Å². The van der Waals surface area contributed by atoms with Gasteiger partial charge in [-0.3, -0.25) is 0 Å². The number of aromatic nitrogens is 1. The fourth-order valence-corrected chi connectivity index (χ4v) is 3.18. The SMILES string of the molecule is CC1(c2nc3cc(Cl)cc(Cl)c3o2)CCCC1N. The molecule has 1 aliphatic rings. The third-order valence-electron chi connectivity index (χ3n) is 3.93. The molecule has 1 fully saturated rings. The Bertz CT molecular complexity index is 610. The van der Waals surface area contributed by atoms with Crippen LogP contribution in [-0.2, 0) is 5.41 Å². The van der Waals surface area contributed by atoms with Crippen molar-refractivity contribution in [3.8, 4) is 0 Å². The molecule has 1 aromatic heterocycles. The van der Waals surface area contributed by atoms with Gasteiger partial charge >= 0.3 is 0 Å². The first-order valence-electron chi connectivity index (χ1n) is 6.02. The first kappa shape index (κ1) is 12.3. The summed E-state index contributed by atoms with van der Waals surface area (Å²) in [6.07, 6.45) is 3.10. The molecule has 3 rings (SSSR count). The van der Waals surface area contributed by atoms with Crippen molar-refractivity contribution in [1.82, 2.24) is 4.98 Å². The molecular formula is C13H14Cl2N2O. The van der Waals surface area contributed by atoms with Gasteiger partial charge in [-0.2, -0.15) is 0 Å². The van der Waals surface area contributed by atoms with Crippen LogP contribution >= 0.6 is 23.2 Å². The Kier molecular flexibility index (Phi) is 2.81. The normalized spacial score (nSPS) is 28.1. The van der Waals surface area contributed by atoms with Crippen LogP contribution in [0.1, 0.15) is 32.1 Å². The molecule has 0 bridgehead atoms. The molecule has 5 heteroatoms. The summed E-state index contributed by atoms with van der Waals surface area (Å²) in [4.78, 5) is 4.52. The molecule has 2 aromatic rings. The van der Waals surface area contributed by atoms with Crippen LogP contribution in [0.4, 0.5) is 0 Å². The Morgan fingerprint density at radius 1 is 1.44 bits per heavy atom. The molecule has 2 N–H and O–H groups in total. The van der Waals surface area contributed by atoms with Gasteiger partial charge in [0, 0.05) is 11.1 Å². The van der Waals surface area contributed by atoms with E-state index in [0.717, 1.165) is 19.3 Å². The summed E-state index contributed by atoms with van der Waals surface area (Å²) in [5.74, 6) is 0.673. The molecule has 1 aliphatic carbocycles. The lowest BCUT2D eigenvalue weighted by molar-refractivity contribution is 0.332. The standard InChI is InChI=1S/C13H14Cl2N2O/c1-13(4-2-3-10(13)16)12-17-9-6-7(14)5-8(15)11(9)18-12/h5-6,10H,2-4,16H2,1H3. The van der Waals surface area contributed by atoms with Gasteiger partial charge in [0.25, 0.3) is 0 Å². The first-order valence-corrected chi connectivity index (χ1v) is 6.78. The lowest BCUT2D eigenvalue weighted by Crippen LogP contribution is -2.38. The monoisotopic (exact) mass is 284 g/mol. The van der Waals surface area contributed by atoms with Crippen LogP contribution in [0.5, 0.6) is 0 Å². The van der Waals surface area contributed by atoms with Crippen molar-refractivity contribution >= 4 is 34.3 Å². The van der Waals surface area contributed by atoms with Crippen LogP contribution < -0.4 is 5.73 Å². The molecule has 1 aromatic carbocycles. The van der Waals surface area contributed by atoms with Crippen molar-refractivity contribution in [1.29, 1.82) is 0 Å². The average molecular weight is 285 g/mol. The fourth-order valence-electron chi connectivity index (χ4n) is 2.66. The maximum absolute atomic E-state index is 6.18. The van der Waals surface area contributed by atoms with E-state index in [4.69, 9.17) is 33.4 Å². The largest absolute Gasteiger partial charge is 0.438 e. The predicted octanol–water partition coefficient (Wildman–Crippen LogP) is 3.90. The van der Waals surface area contributed by atoms with E-state index in [1.54, 1.807) is 12.1 Å². The molecule has 0 amide bonds. The first-order chi connectivity index (χ1) is 8.50. The second kappa shape index (κ2) is 4.12. The van der Waals surface area contributed by atoms with Crippen molar-refractivity contribution in [2.75, 3.05) is 0 Å². The smallest absolute Gasteiger partial charge is 0.203 e. The molecule has 18 heavy (non-hydrogen) atoms. The Morgan fingerprint density at radius 3 is 2.89 bits per heavy atom. The van der Waals surface area contributed by atoms with E-state index in [-0.39, 0.29) is 11.5 Å². The molecule has 3 nitrogen and oxygen atoms in total. The highest BCUT2D eigenvalue weighted by Gasteiger charge is 2.42. The van der Waals surface area contributed by atoms with Gasteiger partial charge in [0.05, 0.1) is 10.4 Å². The summed E-state index contributed by atoms with van der Waals surface area (Å²) in [6.45, 7) is 2.10. The molecule has 0 spiro atoms. The number of hydrogen-bond donors (Lipinski definition) is 1. The van der Waals surface area contributed by atoms with Crippen LogP contribution in [-0.4, -0.2) is 11.0 Å². The van der Waals surface area contributed by atoms with Gasteiger partial charge in [0.15, 0.2) is 5.58 Å². The molecule has 1 heterocycles. The lowest BCUT2D eigenvalue weighted by atomic mass is 9.85. The van der Waals surface area contributed by atoms with E-state index in [1.165, 1.54) is 0 Å². The number of nitrogens with zero attached hydrogens (tertiary/aromatic N) is 1. The zero-order chi connectivity index (χ0) is 12.9. The second-order valence-electron chi connectivity index (χ2n) is 5.17. The van der Waals surface area contributed by atoms with Crippen molar-refractivity contribution in [2.45, 2.75) is 37.6 Å². The van der Waals surface area contributed by atoms with E-state index < -0.39 is 0 Å². The van der Waals surface area contributed by atoms with Gasteiger partial charge in [0.2, 0.25) is 5.89 Å². The summed E-state index contributed by atoms with van der Waals surface area (Å²) >= 11 is 12.1. The summed E-state index contributed by atoms with van der Waals surface area (Å²) in [5, 5.41) is 1.06. The number of halogens is 2. The Balaban J connectivity index is 2.17. The third kappa shape index (κ3) is 1.73. The van der Waals surface area contributed by atoms with E-state index in [2.05, 4.69) is 11.9 Å². The Morgan fingerprint density at radius 2 is 2.22 bits per heavy atom. The molecule has 1 saturated carbocycles. The molecule has 0 aliphatic heterocycles. The van der Waals surface area contributed by atoms with Crippen LogP contribution in [0.15, 0.2) is 16.5 Å². The molecule has 0 radical (unpaired) electrons. The number of hydrogen-bond acceptors (Lipinski definition) is 3. The predicted molar refractivity (Wildman–Crippen MR) is 73.2 cm³/mol. The minimum absolute atomic E-state index is 0.0832. The quantitative estimate of drug-likeness (QED) is 0.864. The highest BCUT2D eigenvalue weighted by Crippen LogP contribution is 2.41. The highest BCUT2D eigenvalue weighted by atomic mass is 35.5. The number of benzene rings is 1. The van der Waals surface area contributed by atoms with Crippen LogP contribution in [0.3, 0.4) is 0 Å². The number of oxazole rings is 1. The average Bonchev–Trinajstić information content (AvgIpc) is 2.85. The number of nitrogens with two attached hydrogens (primary N) is 1. The molecule has 2 atom stereocenters. The van der Waals surface area contributed by atoms with Gasteiger partial charge in [-0.05, 0) is 31.9 Å². The molecule has 0 saturated heterocycles. The topological polar surface area (TPSA) is 52.0 Å². The van der Waals surface area contributed by atoms with Gasteiger partial charge in [0.1, 0.15) is 5.52 Å². The summed E-state index contributed by atoms with van der Waals surface area (Å²) < 4.78 is 5.83. The summed E-state index contributed by atoms with van der Waals surface area (Å²) in [6, 6.07) is 3.51. The van der Waals surface area contributed by atoms with Gasteiger partial charge in [-0.25, -0.2) is 4.98 Å². The fraction of sp³-hybridized carbons (Fsp3) is 0.462. The third-order valence-corrected chi connectivity index (χ3v) is 4.43. The maximum Gasteiger partial charge on any atom is 0.203 e. The Labute approximate surface area is 115 Å². The van der Waals surface area contributed by atoms with Crippen molar-refractivity contribution in [3.05, 3.63) is 28.1 Å². The maximum atomic E-state index is 6.18. The van der Waals surface area contributed by atoms with E-state index in [9.17, 15) is 0 Å². The summed E-state index contributed by atoms with van der Waals surface area (Å²) in [7, 11) is 0. The zero-order valence-corrected chi connectivity index (χ0v) is 11.6. The van der Waals surface area contributed by atoms with E-state index in [1.807, 2.05) is 0 Å². The van der Waals surface area contributed by atoms with Crippen molar-refractivity contribution in [3.63, 3.8) is 0 Å². The number of rotatable bonds is 1. The van der Waals surface area contributed by atoms with E-state index in [0.29, 0.717) is 27.0 Å². The van der Waals surface area contributed by atoms with Gasteiger partial charge in [-0.15, -0.1) is 0 Å². The zero-order valence-electron chi connectivity index (χ0n) is 10.0. The molecular weight excluding hydrogens is 271 g/mol. The van der Waals surface area contributed by atoms with Gasteiger partial charge in [-0.1, -0.05) is 29.6 Å². The lowest BCUT2D eigenvalue weighted by Gasteiger charge is -2.24. The van der Waals surface area contributed by atoms with Crippen LogP contribution in [0.2, 0.25) is 10.0 Å².